The third kappa shape index (κ3) is 3.56. The summed E-state index contributed by atoms with van der Waals surface area (Å²) in [5, 5.41) is 4.41. The summed E-state index contributed by atoms with van der Waals surface area (Å²) in [5.41, 5.74) is 1.19. The van der Waals surface area contributed by atoms with Crippen molar-refractivity contribution < 1.29 is 9.47 Å². The topological polar surface area (TPSA) is 42.8 Å². The van der Waals surface area contributed by atoms with E-state index in [1.165, 1.54) is 0 Å². The van der Waals surface area contributed by atoms with Crippen LogP contribution in [0.15, 0.2) is 23.2 Å². The first-order chi connectivity index (χ1) is 9.04. The van der Waals surface area contributed by atoms with Crippen molar-refractivity contribution in [3.8, 4) is 11.5 Å². The minimum Gasteiger partial charge on any atom is -0.497 e. The molecule has 0 atom stereocenters. The van der Waals surface area contributed by atoms with Gasteiger partial charge in [0, 0.05) is 22.9 Å². The second-order valence-electron chi connectivity index (χ2n) is 5.10. The predicted octanol–water partition coefficient (Wildman–Crippen LogP) is 2.67. The first-order valence-electron chi connectivity index (χ1n) is 6.20. The molecule has 1 fully saturated rings. The van der Waals surface area contributed by atoms with E-state index in [2.05, 4.69) is 24.2 Å². The van der Waals surface area contributed by atoms with Gasteiger partial charge in [-0.15, -0.1) is 0 Å². The van der Waals surface area contributed by atoms with E-state index in [9.17, 15) is 0 Å². The normalized spacial score (nSPS) is 19.3. The van der Waals surface area contributed by atoms with Crippen molar-refractivity contribution >= 4 is 16.9 Å². The molecule has 5 heteroatoms. The Balaban J connectivity index is 2.09. The van der Waals surface area contributed by atoms with Gasteiger partial charge in [0.15, 0.2) is 5.17 Å². The van der Waals surface area contributed by atoms with E-state index in [0.717, 1.165) is 28.0 Å². The van der Waals surface area contributed by atoms with E-state index >= 15 is 0 Å². The molecule has 104 valence electrons. The number of hydrogen-bond donors (Lipinski definition) is 1. The summed E-state index contributed by atoms with van der Waals surface area (Å²) in [7, 11) is 3.31. The quantitative estimate of drug-likeness (QED) is 0.921. The molecule has 1 N–H and O–H groups in total. The molecule has 1 aromatic carbocycles. The van der Waals surface area contributed by atoms with Gasteiger partial charge in [0.1, 0.15) is 11.5 Å². The van der Waals surface area contributed by atoms with Crippen molar-refractivity contribution in [1.82, 2.24) is 5.32 Å². The van der Waals surface area contributed by atoms with Crippen LogP contribution in [0.2, 0.25) is 0 Å². The van der Waals surface area contributed by atoms with Crippen LogP contribution in [0.3, 0.4) is 0 Å². The van der Waals surface area contributed by atoms with Gasteiger partial charge >= 0.3 is 0 Å². The van der Waals surface area contributed by atoms with Gasteiger partial charge in [-0.1, -0.05) is 11.8 Å². The van der Waals surface area contributed by atoms with E-state index in [4.69, 9.17) is 9.47 Å². The molecule has 0 aliphatic carbocycles. The Bertz CT molecular complexity index is 486. The SMILES string of the molecule is COc1ccc(CN=C2NC(C)(C)CS2)c(OC)c1. The molecule has 0 amide bonds. The molecule has 1 aliphatic rings. The maximum absolute atomic E-state index is 5.37. The van der Waals surface area contributed by atoms with Crippen molar-refractivity contribution in [3.05, 3.63) is 23.8 Å². The van der Waals surface area contributed by atoms with Gasteiger partial charge in [-0.05, 0) is 26.0 Å². The molecule has 1 heterocycles. The highest BCUT2D eigenvalue weighted by molar-refractivity contribution is 8.14. The van der Waals surface area contributed by atoms with E-state index in [-0.39, 0.29) is 5.54 Å². The Morgan fingerprint density at radius 3 is 2.68 bits per heavy atom. The molecular weight excluding hydrogens is 260 g/mol. The van der Waals surface area contributed by atoms with Crippen LogP contribution in [0.4, 0.5) is 0 Å². The van der Waals surface area contributed by atoms with Crippen LogP contribution in [-0.2, 0) is 6.54 Å². The fraction of sp³-hybridized carbons (Fsp3) is 0.500. The smallest absolute Gasteiger partial charge is 0.157 e. The van der Waals surface area contributed by atoms with Crippen LogP contribution in [-0.4, -0.2) is 30.7 Å². The van der Waals surface area contributed by atoms with E-state index in [1.807, 2.05) is 18.2 Å². The van der Waals surface area contributed by atoms with Gasteiger partial charge in [-0.25, -0.2) is 0 Å². The summed E-state index contributed by atoms with van der Waals surface area (Å²) in [6.45, 7) is 4.96. The minimum atomic E-state index is 0.132. The van der Waals surface area contributed by atoms with E-state index in [1.54, 1.807) is 26.0 Å². The zero-order valence-electron chi connectivity index (χ0n) is 11.8. The fourth-order valence-corrected chi connectivity index (χ4v) is 2.91. The summed E-state index contributed by atoms with van der Waals surface area (Å²) in [5.74, 6) is 2.65. The highest BCUT2D eigenvalue weighted by atomic mass is 32.2. The first-order valence-corrected chi connectivity index (χ1v) is 7.19. The molecule has 0 radical (unpaired) electrons. The van der Waals surface area contributed by atoms with Crippen LogP contribution in [0.1, 0.15) is 19.4 Å². The highest BCUT2D eigenvalue weighted by Gasteiger charge is 2.27. The van der Waals surface area contributed by atoms with Gasteiger partial charge in [0.2, 0.25) is 0 Å². The van der Waals surface area contributed by atoms with Gasteiger partial charge < -0.3 is 14.8 Å². The average molecular weight is 280 g/mol. The molecular formula is C14H20N2O2S. The summed E-state index contributed by atoms with van der Waals surface area (Å²) in [6.07, 6.45) is 0. The van der Waals surface area contributed by atoms with Crippen LogP contribution in [0, 0.1) is 0 Å². The molecule has 0 saturated carbocycles. The number of benzene rings is 1. The molecule has 0 bridgehead atoms. The Kier molecular flexibility index (Phi) is 4.24. The summed E-state index contributed by atoms with van der Waals surface area (Å²) in [6, 6.07) is 5.80. The number of rotatable bonds is 4. The number of nitrogens with one attached hydrogen (secondary N) is 1. The lowest BCUT2D eigenvalue weighted by Crippen LogP contribution is -2.36. The van der Waals surface area contributed by atoms with Gasteiger partial charge in [0.25, 0.3) is 0 Å². The number of hydrogen-bond acceptors (Lipinski definition) is 4. The zero-order valence-corrected chi connectivity index (χ0v) is 12.6. The number of nitrogens with zero attached hydrogens (tertiary/aromatic N) is 1. The van der Waals surface area contributed by atoms with Crippen LogP contribution in [0.5, 0.6) is 11.5 Å². The number of ether oxygens (including phenoxy) is 2. The lowest BCUT2D eigenvalue weighted by Gasteiger charge is -2.15. The van der Waals surface area contributed by atoms with Crippen LogP contribution >= 0.6 is 11.8 Å². The van der Waals surface area contributed by atoms with E-state index < -0.39 is 0 Å². The van der Waals surface area contributed by atoms with Gasteiger partial charge in [-0.3, -0.25) is 4.99 Å². The minimum absolute atomic E-state index is 0.132. The third-order valence-electron chi connectivity index (χ3n) is 2.90. The molecule has 0 aromatic heterocycles. The van der Waals surface area contributed by atoms with E-state index in [0.29, 0.717) is 6.54 Å². The Labute approximate surface area is 118 Å². The standard InChI is InChI=1S/C14H20N2O2S/c1-14(2)9-19-13(16-14)15-8-10-5-6-11(17-3)7-12(10)18-4/h5-7H,8-9H2,1-4H3,(H,15,16). The molecule has 2 rings (SSSR count). The first kappa shape index (κ1) is 14.1. The van der Waals surface area contributed by atoms with Gasteiger partial charge in [-0.2, -0.15) is 0 Å². The molecule has 1 aromatic rings. The Morgan fingerprint density at radius 2 is 2.11 bits per heavy atom. The van der Waals surface area contributed by atoms with Crippen molar-refractivity contribution in [2.75, 3.05) is 20.0 Å². The summed E-state index contributed by atoms with van der Waals surface area (Å²) < 4.78 is 10.6. The van der Waals surface area contributed by atoms with Crippen LogP contribution < -0.4 is 14.8 Å². The second-order valence-corrected chi connectivity index (χ2v) is 6.06. The summed E-state index contributed by atoms with van der Waals surface area (Å²) in [4.78, 5) is 4.60. The Morgan fingerprint density at radius 1 is 1.32 bits per heavy atom. The lowest BCUT2D eigenvalue weighted by molar-refractivity contribution is 0.391. The predicted molar refractivity (Wildman–Crippen MR) is 80.4 cm³/mol. The molecule has 0 spiro atoms. The number of thioether (sulfide) groups is 1. The maximum Gasteiger partial charge on any atom is 0.157 e. The molecule has 19 heavy (non-hydrogen) atoms. The molecule has 4 nitrogen and oxygen atoms in total. The number of methoxy groups -OCH3 is 2. The van der Waals surface area contributed by atoms with Crippen molar-refractivity contribution in [2.45, 2.75) is 25.9 Å². The summed E-state index contributed by atoms with van der Waals surface area (Å²) >= 11 is 1.76. The second kappa shape index (κ2) is 5.74. The monoisotopic (exact) mass is 280 g/mol. The van der Waals surface area contributed by atoms with Crippen molar-refractivity contribution in [3.63, 3.8) is 0 Å². The number of aliphatic imine (C=N–C) groups is 1. The zero-order chi connectivity index (χ0) is 13.9. The van der Waals surface area contributed by atoms with Crippen molar-refractivity contribution in [2.24, 2.45) is 4.99 Å². The van der Waals surface area contributed by atoms with Crippen molar-refractivity contribution in [1.29, 1.82) is 0 Å². The molecule has 1 saturated heterocycles. The third-order valence-corrected chi connectivity index (χ3v) is 4.27. The van der Waals surface area contributed by atoms with Gasteiger partial charge in [0.05, 0.1) is 20.8 Å². The van der Waals surface area contributed by atoms with Crippen LogP contribution in [0.25, 0.3) is 0 Å². The average Bonchev–Trinajstić information content (AvgIpc) is 2.75. The number of amidine groups is 1. The Hall–Kier alpha value is -1.36. The lowest BCUT2D eigenvalue weighted by atomic mass is 10.1. The maximum atomic E-state index is 5.37. The fourth-order valence-electron chi connectivity index (χ4n) is 1.84. The molecule has 1 aliphatic heterocycles. The highest BCUT2D eigenvalue weighted by Crippen LogP contribution is 2.27. The largest absolute Gasteiger partial charge is 0.497 e. The molecule has 0 unspecified atom stereocenters.